The summed E-state index contributed by atoms with van der Waals surface area (Å²) in [7, 11) is -1.30. The first-order valence-electron chi connectivity index (χ1n) is 6.54. The number of hydroxylamine groups is 1. The molecule has 0 aromatic heterocycles. The Kier molecular flexibility index (Phi) is 5.38. The largest absolute Gasteiger partial charge is 0.322 e. The zero-order chi connectivity index (χ0) is 17.0. The number of halogens is 1. The molecule has 1 N–H and O–H groups in total. The van der Waals surface area contributed by atoms with Gasteiger partial charge in [-0.3, -0.25) is 9.63 Å². The maximum Gasteiger partial charge on any atom is 0.264 e. The number of hydrogen-bond donors (Lipinski definition) is 1. The van der Waals surface area contributed by atoms with Gasteiger partial charge in [0.05, 0.1) is 12.0 Å². The predicted octanol–water partition coefficient (Wildman–Crippen LogP) is 2.77. The van der Waals surface area contributed by atoms with E-state index in [0.29, 0.717) is 10.7 Å². The van der Waals surface area contributed by atoms with Gasteiger partial charge in [-0.2, -0.15) is 0 Å². The molecule has 8 heteroatoms. The fourth-order valence-corrected chi connectivity index (χ4v) is 3.02. The summed E-state index contributed by atoms with van der Waals surface area (Å²) in [6.45, 7) is 0. The van der Waals surface area contributed by atoms with Crippen molar-refractivity contribution in [3.05, 3.63) is 59.1 Å². The highest BCUT2D eigenvalue weighted by molar-refractivity contribution is 7.89. The molecule has 122 valence electrons. The van der Waals surface area contributed by atoms with E-state index in [4.69, 9.17) is 16.4 Å². The van der Waals surface area contributed by atoms with Crippen LogP contribution in [-0.2, 0) is 14.9 Å². The van der Waals surface area contributed by atoms with Crippen molar-refractivity contribution in [1.29, 1.82) is 0 Å². The van der Waals surface area contributed by atoms with E-state index >= 15 is 0 Å². The molecule has 0 aliphatic carbocycles. The predicted molar refractivity (Wildman–Crippen MR) is 87.8 cm³/mol. The Hall–Kier alpha value is -1.93. The smallest absolute Gasteiger partial charge is 0.264 e. The van der Waals surface area contributed by atoms with Crippen LogP contribution in [0.5, 0.6) is 0 Å². The number of nitrogens with one attached hydrogen (secondary N) is 1. The minimum absolute atomic E-state index is 0.0411. The van der Waals surface area contributed by atoms with E-state index in [0.717, 1.165) is 4.47 Å². The van der Waals surface area contributed by atoms with Crippen LogP contribution in [0.15, 0.2) is 53.4 Å². The van der Waals surface area contributed by atoms with Gasteiger partial charge in [-0.15, -0.1) is 0 Å². The van der Waals surface area contributed by atoms with Crippen LogP contribution in [0.2, 0.25) is 5.02 Å². The van der Waals surface area contributed by atoms with Gasteiger partial charge in [-0.25, -0.2) is 8.42 Å². The maximum atomic E-state index is 12.3. The number of anilines is 1. The number of sulfonamides is 1. The van der Waals surface area contributed by atoms with E-state index in [2.05, 4.69) is 5.32 Å². The summed E-state index contributed by atoms with van der Waals surface area (Å²) in [5.74, 6) is -0.440. The molecule has 6 nitrogen and oxygen atoms in total. The van der Waals surface area contributed by atoms with Gasteiger partial charge in [0, 0.05) is 23.3 Å². The average molecular weight is 355 g/mol. The summed E-state index contributed by atoms with van der Waals surface area (Å²) in [5.41, 5.74) is 0.723. The first-order chi connectivity index (χ1) is 10.8. The van der Waals surface area contributed by atoms with Crippen LogP contribution < -0.4 is 5.32 Å². The van der Waals surface area contributed by atoms with Crippen LogP contribution in [0.25, 0.3) is 0 Å². The highest BCUT2D eigenvalue weighted by Gasteiger charge is 2.21. The van der Waals surface area contributed by atoms with Gasteiger partial charge in [0.2, 0.25) is 0 Å². The standard InChI is InChI=1S/C15H15ClN2O4S/c1-18(22-2)23(20,21)14-8-3-5-11(9-14)15(19)17-13-7-4-6-12(16)10-13/h3-10H,1-2H3,(H,17,19). The molecule has 0 aliphatic heterocycles. The Bertz CT molecular complexity index is 824. The van der Waals surface area contributed by atoms with Crippen molar-refractivity contribution in [1.82, 2.24) is 4.47 Å². The Balaban J connectivity index is 2.28. The van der Waals surface area contributed by atoms with Crippen LogP contribution in [0.3, 0.4) is 0 Å². The number of amides is 1. The lowest BCUT2D eigenvalue weighted by atomic mass is 10.2. The van der Waals surface area contributed by atoms with E-state index in [9.17, 15) is 13.2 Å². The van der Waals surface area contributed by atoms with Gasteiger partial charge in [0.1, 0.15) is 0 Å². The van der Waals surface area contributed by atoms with Crippen molar-refractivity contribution in [2.24, 2.45) is 0 Å². The zero-order valence-corrected chi connectivity index (χ0v) is 14.1. The fraction of sp³-hybridized carbons (Fsp3) is 0.133. The zero-order valence-electron chi connectivity index (χ0n) is 12.5. The van der Waals surface area contributed by atoms with Gasteiger partial charge in [-0.05, 0) is 36.4 Å². The second-order valence-electron chi connectivity index (χ2n) is 4.59. The minimum Gasteiger partial charge on any atom is -0.322 e. The normalized spacial score (nSPS) is 11.5. The van der Waals surface area contributed by atoms with Crippen molar-refractivity contribution < 1.29 is 18.0 Å². The maximum absolute atomic E-state index is 12.3. The highest BCUT2D eigenvalue weighted by atomic mass is 35.5. The van der Waals surface area contributed by atoms with E-state index < -0.39 is 15.9 Å². The number of nitrogens with zero attached hydrogens (tertiary/aromatic N) is 1. The Labute approximate surface area is 139 Å². The third-order valence-electron chi connectivity index (χ3n) is 3.07. The molecule has 0 fully saturated rings. The third-order valence-corrected chi connectivity index (χ3v) is 4.98. The van der Waals surface area contributed by atoms with E-state index in [1.807, 2.05) is 0 Å². The average Bonchev–Trinajstić information content (AvgIpc) is 2.54. The van der Waals surface area contributed by atoms with E-state index in [1.165, 1.54) is 38.4 Å². The molecule has 2 aromatic carbocycles. The molecule has 0 heterocycles. The van der Waals surface area contributed by atoms with Crippen molar-refractivity contribution >= 4 is 33.2 Å². The van der Waals surface area contributed by atoms with E-state index in [1.54, 1.807) is 24.3 Å². The van der Waals surface area contributed by atoms with Crippen LogP contribution >= 0.6 is 11.6 Å². The Morgan fingerprint density at radius 1 is 1.17 bits per heavy atom. The molecule has 0 saturated heterocycles. The molecule has 0 aliphatic rings. The quantitative estimate of drug-likeness (QED) is 0.838. The van der Waals surface area contributed by atoms with Crippen molar-refractivity contribution in [3.63, 3.8) is 0 Å². The molecule has 0 unspecified atom stereocenters. The minimum atomic E-state index is -3.81. The number of rotatable bonds is 5. The summed E-state index contributed by atoms with van der Waals surface area (Å²) >= 11 is 5.86. The van der Waals surface area contributed by atoms with Gasteiger partial charge < -0.3 is 5.32 Å². The lowest BCUT2D eigenvalue weighted by molar-refractivity contribution is -0.0258. The van der Waals surface area contributed by atoms with Crippen molar-refractivity contribution in [3.8, 4) is 0 Å². The number of benzene rings is 2. The van der Waals surface area contributed by atoms with Gasteiger partial charge in [0.15, 0.2) is 0 Å². The van der Waals surface area contributed by atoms with Crippen LogP contribution in [-0.4, -0.2) is 33.0 Å². The topological polar surface area (TPSA) is 75.7 Å². The number of carbonyl (C=O) groups excluding carboxylic acids is 1. The monoisotopic (exact) mass is 354 g/mol. The summed E-state index contributed by atoms with van der Waals surface area (Å²) in [6.07, 6.45) is 0. The summed E-state index contributed by atoms with van der Waals surface area (Å²) in [5, 5.41) is 3.14. The lowest BCUT2D eigenvalue weighted by Crippen LogP contribution is -2.26. The summed E-state index contributed by atoms with van der Waals surface area (Å²) < 4.78 is 25.1. The van der Waals surface area contributed by atoms with Crippen molar-refractivity contribution in [2.45, 2.75) is 4.90 Å². The molecular weight excluding hydrogens is 340 g/mol. The van der Waals surface area contributed by atoms with Crippen LogP contribution in [0, 0.1) is 0 Å². The van der Waals surface area contributed by atoms with Crippen LogP contribution in [0.1, 0.15) is 10.4 Å². The SMILES string of the molecule is CON(C)S(=O)(=O)c1cccc(C(=O)Nc2cccc(Cl)c2)c1. The van der Waals surface area contributed by atoms with E-state index in [-0.39, 0.29) is 10.5 Å². The van der Waals surface area contributed by atoms with Gasteiger partial charge >= 0.3 is 0 Å². The molecule has 2 aromatic rings. The molecule has 0 radical (unpaired) electrons. The molecule has 0 saturated carbocycles. The molecule has 23 heavy (non-hydrogen) atoms. The second-order valence-corrected chi connectivity index (χ2v) is 6.96. The third kappa shape index (κ3) is 4.08. The number of hydrogen-bond acceptors (Lipinski definition) is 4. The lowest BCUT2D eigenvalue weighted by Gasteiger charge is -2.14. The second kappa shape index (κ2) is 7.10. The fourth-order valence-electron chi connectivity index (χ4n) is 1.81. The molecule has 0 spiro atoms. The first-order valence-corrected chi connectivity index (χ1v) is 8.36. The highest BCUT2D eigenvalue weighted by Crippen LogP contribution is 2.19. The molecule has 0 bridgehead atoms. The van der Waals surface area contributed by atoms with Crippen molar-refractivity contribution in [2.75, 3.05) is 19.5 Å². The first kappa shape index (κ1) is 17.4. The van der Waals surface area contributed by atoms with Gasteiger partial charge in [0.25, 0.3) is 15.9 Å². The molecule has 0 atom stereocenters. The van der Waals surface area contributed by atoms with Crippen LogP contribution in [0.4, 0.5) is 5.69 Å². The Morgan fingerprint density at radius 2 is 1.87 bits per heavy atom. The number of carbonyl (C=O) groups is 1. The molecular formula is C15H15ClN2O4S. The van der Waals surface area contributed by atoms with Gasteiger partial charge in [-0.1, -0.05) is 28.2 Å². The molecule has 2 rings (SSSR count). The Morgan fingerprint density at radius 3 is 2.52 bits per heavy atom. The summed E-state index contributed by atoms with van der Waals surface area (Å²) in [6, 6.07) is 12.3. The molecule has 1 amide bonds. The summed E-state index contributed by atoms with van der Waals surface area (Å²) in [4.78, 5) is 16.9.